The summed E-state index contributed by atoms with van der Waals surface area (Å²) >= 11 is 1.88. The van der Waals surface area contributed by atoms with Crippen molar-refractivity contribution in [2.75, 3.05) is 25.4 Å². The second-order valence-electron chi connectivity index (χ2n) is 3.10. The third-order valence-electron chi connectivity index (χ3n) is 2.29. The van der Waals surface area contributed by atoms with E-state index in [-0.39, 0.29) is 6.03 Å². The molecular formula is C8H13N3OS. The monoisotopic (exact) mass is 199 g/mol. The molecule has 0 aromatic rings. The van der Waals surface area contributed by atoms with Gasteiger partial charge in [-0.25, -0.2) is 4.79 Å². The first kappa shape index (κ1) is 8.87. The van der Waals surface area contributed by atoms with E-state index in [0.29, 0.717) is 5.25 Å². The molecule has 0 saturated carbocycles. The molecule has 5 heteroatoms. The molecule has 1 N–H and O–H groups in total. The summed E-state index contributed by atoms with van der Waals surface area (Å²) in [7, 11) is 0. The molecule has 1 fully saturated rings. The number of nitrogens with zero attached hydrogens (tertiary/aromatic N) is 2. The van der Waals surface area contributed by atoms with Gasteiger partial charge in [0.05, 0.1) is 5.25 Å². The predicted octanol–water partition coefficient (Wildman–Crippen LogP) is 0.545. The van der Waals surface area contributed by atoms with Crippen LogP contribution in [0.25, 0.3) is 0 Å². The first-order valence-corrected chi connectivity index (χ1v) is 5.59. The van der Waals surface area contributed by atoms with Crippen LogP contribution in [0, 0.1) is 0 Å². The first-order chi connectivity index (χ1) is 6.31. The number of urea groups is 1. The minimum absolute atomic E-state index is 0.0937. The predicted molar refractivity (Wildman–Crippen MR) is 54.3 cm³/mol. The Bertz CT molecular complexity index is 254. The molecule has 2 rings (SSSR count). The maximum atomic E-state index is 11.4. The SMILES string of the molecule is CCN1CC2SCCNC2=NC1=O. The summed E-state index contributed by atoms with van der Waals surface area (Å²) in [5.74, 6) is 1.99. The minimum Gasteiger partial charge on any atom is -0.372 e. The average Bonchev–Trinajstić information content (AvgIpc) is 2.17. The molecular weight excluding hydrogens is 186 g/mol. The number of carbonyl (C=O) groups is 1. The van der Waals surface area contributed by atoms with Crippen LogP contribution in [0.3, 0.4) is 0 Å². The van der Waals surface area contributed by atoms with Crippen molar-refractivity contribution in [1.29, 1.82) is 0 Å². The Morgan fingerprint density at radius 1 is 1.77 bits per heavy atom. The van der Waals surface area contributed by atoms with Crippen LogP contribution in [0.2, 0.25) is 0 Å². The number of nitrogens with one attached hydrogen (secondary N) is 1. The number of amidine groups is 1. The van der Waals surface area contributed by atoms with Crippen molar-refractivity contribution in [1.82, 2.24) is 10.2 Å². The number of carbonyl (C=O) groups excluding carboxylic acids is 1. The van der Waals surface area contributed by atoms with Gasteiger partial charge in [-0.05, 0) is 6.92 Å². The zero-order valence-electron chi connectivity index (χ0n) is 7.62. The summed E-state index contributed by atoms with van der Waals surface area (Å²) in [5.41, 5.74) is 0. The lowest BCUT2D eigenvalue weighted by Gasteiger charge is -2.33. The highest BCUT2D eigenvalue weighted by Gasteiger charge is 2.30. The largest absolute Gasteiger partial charge is 0.372 e. The zero-order valence-corrected chi connectivity index (χ0v) is 8.43. The van der Waals surface area contributed by atoms with E-state index in [9.17, 15) is 4.79 Å². The maximum absolute atomic E-state index is 11.4. The van der Waals surface area contributed by atoms with Gasteiger partial charge in [0.25, 0.3) is 0 Å². The van der Waals surface area contributed by atoms with Crippen molar-refractivity contribution >= 4 is 23.6 Å². The van der Waals surface area contributed by atoms with Crippen LogP contribution >= 0.6 is 11.8 Å². The van der Waals surface area contributed by atoms with Gasteiger partial charge in [-0.1, -0.05) is 0 Å². The fourth-order valence-electron chi connectivity index (χ4n) is 1.54. The van der Waals surface area contributed by atoms with E-state index >= 15 is 0 Å². The third-order valence-corrected chi connectivity index (χ3v) is 3.50. The number of hydrogen-bond donors (Lipinski definition) is 1. The van der Waals surface area contributed by atoms with Gasteiger partial charge >= 0.3 is 6.03 Å². The van der Waals surface area contributed by atoms with Gasteiger partial charge in [0.1, 0.15) is 5.84 Å². The Balaban J connectivity index is 2.15. The van der Waals surface area contributed by atoms with Crippen LogP contribution in [-0.2, 0) is 0 Å². The Hall–Kier alpha value is -0.710. The van der Waals surface area contributed by atoms with E-state index < -0.39 is 0 Å². The van der Waals surface area contributed by atoms with Gasteiger partial charge in [0, 0.05) is 25.4 Å². The molecule has 2 aliphatic rings. The lowest BCUT2D eigenvalue weighted by Crippen LogP contribution is -2.51. The molecule has 1 saturated heterocycles. The Kier molecular flexibility index (Phi) is 2.44. The second kappa shape index (κ2) is 3.57. The smallest absolute Gasteiger partial charge is 0.345 e. The molecule has 0 aromatic carbocycles. The number of hydrogen-bond acceptors (Lipinski definition) is 3. The fourth-order valence-corrected chi connectivity index (χ4v) is 2.62. The third kappa shape index (κ3) is 1.65. The maximum Gasteiger partial charge on any atom is 0.345 e. The highest BCUT2D eigenvalue weighted by molar-refractivity contribution is 8.00. The average molecular weight is 199 g/mol. The normalized spacial score (nSPS) is 27.8. The van der Waals surface area contributed by atoms with Crippen LogP contribution in [0.1, 0.15) is 6.92 Å². The molecule has 2 aliphatic heterocycles. The molecule has 0 aliphatic carbocycles. The van der Waals surface area contributed by atoms with Crippen molar-refractivity contribution in [2.45, 2.75) is 12.2 Å². The van der Waals surface area contributed by atoms with Crippen LogP contribution in [-0.4, -0.2) is 47.4 Å². The molecule has 2 heterocycles. The number of rotatable bonds is 1. The lowest BCUT2D eigenvalue weighted by atomic mass is 10.3. The minimum atomic E-state index is -0.0937. The van der Waals surface area contributed by atoms with E-state index in [4.69, 9.17) is 0 Å². The van der Waals surface area contributed by atoms with E-state index in [1.54, 1.807) is 4.90 Å². The van der Waals surface area contributed by atoms with Crippen molar-refractivity contribution < 1.29 is 4.79 Å². The highest BCUT2D eigenvalue weighted by Crippen LogP contribution is 2.20. The summed E-state index contributed by atoms with van der Waals surface area (Å²) in [6.07, 6.45) is 0. The zero-order chi connectivity index (χ0) is 9.26. The van der Waals surface area contributed by atoms with Gasteiger partial charge in [0.15, 0.2) is 0 Å². The van der Waals surface area contributed by atoms with Crippen LogP contribution in [0.4, 0.5) is 4.79 Å². The Morgan fingerprint density at radius 2 is 2.62 bits per heavy atom. The molecule has 72 valence electrons. The molecule has 0 spiro atoms. The number of amides is 2. The van der Waals surface area contributed by atoms with E-state index in [2.05, 4.69) is 10.3 Å². The summed E-state index contributed by atoms with van der Waals surface area (Å²) in [4.78, 5) is 17.2. The fraction of sp³-hybridized carbons (Fsp3) is 0.750. The van der Waals surface area contributed by atoms with Gasteiger partial charge < -0.3 is 10.2 Å². The van der Waals surface area contributed by atoms with Crippen LogP contribution in [0.5, 0.6) is 0 Å². The molecule has 0 bridgehead atoms. The Labute approximate surface area is 81.8 Å². The van der Waals surface area contributed by atoms with Gasteiger partial charge in [0.2, 0.25) is 0 Å². The molecule has 0 radical (unpaired) electrons. The molecule has 2 amide bonds. The lowest BCUT2D eigenvalue weighted by molar-refractivity contribution is 0.209. The van der Waals surface area contributed by atoms with Crippen molar-refractivity contribution in [3.8, 4) is 0 Å². The molecule has 0 aromatic heterocycles. The van der Waals surface area contributed by atoms with Gasteiger partial charge in [-0.2, -0.15) is 4.99 Å². The summed E-state index contributed by atoms with van der Waals surface area (Å²) in [5, 5.41) is 3.56. The molecule has 13 heavy (non-hydrogen) atoms. The van der Waals surface area contributed by atoms with Gasteiger partial charge in [-0.15, -0.1) is 11.8 Å². The summed E-state index contributed by atoms with van der Waals surface area (Å²) in [6.45, 7) is 4.48. The first-order valence-electron chi connectivity index (χ1n) is 4.54. The van der Waals surface area contributed by atoms with Crippen LogP contribution in [0.15, 0.2) is 4.99 Å². The molecule has 4 nitrogen and oxygen atoms in total. The van der Waals surface area contributed by atoms with E-state index in [1.807, 2.05) is 18.7 Å². The number of fused-ring (bicyclic) bond motifs is 1. The van der Waals surface area contributed by atoms with E-state index in [0.717, 1.165) is 31.2 Å². The summed E-state index contributed by atoms with van der Waals surface area (Å²) in [6, 6.07) is -0.0937. The second-order valence-corrected chi connectivity index (χ2v) is 4.42. The standard InChI is InChI=1S/C8H13N3OS/c1-2-11-5-6-7(10-8(11)12)9-3-4-13-6/h6H,2-5H2,1H3,(H,9,10,12). The number of aliphatic imine (C=N–C) groups is 1. The van der Waals surface area contributed by atoms with E-state index in [1.165, 1.54) is 0 Å². The topological polar surface area (TPSA) is 44.7 Å². The van der Waals surface area contributed by atoms with Crippen LogP contribution < -0.4 is 5.32 Å². The van der Waals surface area contributed by atoms with Crippen molar-refractivity contribution in [3.63, 3.8) is 0 Å². The Morgan fingerprint density at radius 3 is 3.38 bits per heavy atom. The quantitative estimate of drug-likeness (QED) is 0.670. The summed E-state index contributed by atoms with van der Waals surface area (Å²) < 4.78 is 0. The van der Waals surface area contributed by atoms with Gasteiger partial charge in [-0.3, -0.25) is 0 Å². The molecule has 1 unspecified atom stereocenters. The molecule has 1 atom stereocenters. The van der Waals surface area contributed by atoms with Crippen molar-refractivity contribution in [2.24, 2.45) is 4.99 Å². The van der Waals surface area contributed by atoms with Crippen molar-refractivity contribution in [3.05, 3.63) is 0 Å². The highest BCUT2D eigenvalue weighted by atomic mass is 32.2. The number of thioether (sulfide) groups is 1.